The molecule has 0 aromatic heterocycles. The van der Waals surface area contributed by atoms with E-state index in [1.165, 1.54) is 22.3 Å². The molecule has 0 fully saturated rings. The van der Waals surface area contributed by atoms with Gasteiger partial charge in [0.25, 0.3) is 0 Å². The van der Waals surface area contributed by atoms with Gasteiger partial charge in [-0.3, -0.25) is 4.99 Å². The second-order valence-corrected chi connectivity index (χ2v) is 10.7. The Balaban J connectivity index is 0. The summed E-state index contributed by atoms with van der Waals surface area (Å²) in [5.74, 6) is 0.653. The summed E-state index contributed by atoms with van der Waals surface area (Å²) in [6, 6.07) is 16.9. The van der Waals surface area contributed by atoms with Crippen LogP contribution in [0.1, 0.15) is 96.9 Å². The van der Waals surface area contributed by atoms with Crippen molar-refractivity contribution in [2.75, 3.05) is 20.6 Å². The molecular weight excluding hydrogens is 510 g/mol. The highest BCUT2D eigenvalue weighted by Gasteiger charge is 2.06. The summed E-state index contributed by atoms with van der Waals surface area (Å²) in [7, 11) is 4.18. The number of allylic oxidation sites excluding steroid dienone is 5. The van der Waals surface area contributed by atoms with Crippen LogP contribution in [0.15, 0.2) is 107 Å². The number of aliphatic imine (C=N–C) groups is 1. The summed E-state index contributed by atoms with van der Waals surface area (Å²) in [6.45, 7) is 27.5. The molecule has 42 heavy (non-hydrogen) atoms. The predicted octanol–water partition coefficient (Wildman–Crippen LogP) is 10.8. The zero-order valence-corrected chi connectivity index (χ0v) is 29.2. The molecule has 0 aliphatic rings. The van der Waals surface area contributed by atoms with Crippen LogP contribution in [0.4, 0.5) is 0 Å². The second-order valence-electron chi connectivity index (χ2n) is 10.7. The first-order valence-corrected chi connectivity index (χ1v) is 15.3. The quantitative estimate of drug-likeness (QED) is 0.240. The Labute approximate surface area is 260 Å². The first-order valence-electron chi connectivity index (χ1n) is 15.3. The van der Waals surface area contributed by atoms with Gasteiger partial charge in [0.15, 0.2) is 0 Å². The van der Waals surface area contributed by atoms with Crippen molar-refractivity contribution in [3.05, 3.63) is 125 Å². The van der Waals surface area contributed by atoms with Crippen molar-refractivity contribution < 1.29 is 0 Å². The van der Waals surface area contributed by atoms with Crippen molar-refractivity contribution in [2.45, 2.75) is 88.5 Å². The highest BCUT2D eigenvalue weighted by molar-refractivity contribution is 5.81. The molecule has 0 radical (unpaired) electrons. The SMILES string of the molecule is C/C=C\C(=C/CC)CN(C)C.C=C/C=C(N=C(C)C)/C(C)=C(/N)c1ccc(C)cc1.CC.Cc1ccc(C(C)C)cc1. The van der Waals surface area contributed by atoms with Crippen molar-refractivity contribution in [3.63, 3.8) is 0 Å². The lowest BCUT2D eigenvalue weighted by Crippen LogP contribution is -2.14. The molecule has 2 aromatic carbocycles. The van der Waals surface area contributed by atoms with Crippen LogP contribution in [0, 0.1) is 13.8 Å². The zero-order valence-electron chi connectivity index (χ0n) is 29.2. The minimum absolute atomic E-state index is 0.653. The number of rotatable bonds is 9. The van der Waals surface area contributed by atoms with Crippen LogP contribution in [0.5, 0.6) is 0 Å². The van der Waals surface area contributed by atoms with Crippen LogP contribution in [0.25, 0.3) is 5.70 Å². The molecule has 3 nitrogen and oxygen atoms in total. The lowest BCUT2D eigenvalue weighted by Gasteiger charge is -2.09. The summed E-state index contributed by atoms with van der Waals surface area (Å²) >= 11 is 0. The highest BCUT2D eigenvalue weighted by atomic mass is 15.0. The average Bonchev–Trinajstić information content (AvgIpc) is 2.94. The third kappa shape index (κ3) is 18.8. The summed E-state index contributed by atoms with van der Waals surface area (Å²) in [5.41, 5.74) is 16.2. The minimum Gasteiger partial charge on any atom is -0.398 e. The van der Waals surface area contributed by atoms with E-state index in [1.54, 1.807) is 6.08 Å². The molecule has 0 unspecified atom stereocenters. The van der Waals surface area contributed by atoms with Crippen molar-refractivity contribution in [1.82, 2.24) is 4.90 Å². The molecule has 0 aliphatic carbocycles. The molecule has 2 aromatic rings. The molecule has 0 heterocycles. The maximum atomic E-state index is 6.23. The summed E-state index contributed by atoms with van der Waals surface area (Å²) in [4.78, 5) is 6.68. The van der Waals surface area contributed by atoms with Crippen LogP contribution in [-0.2, 0) is 0 Å². The molecule has 0 saturated heterocycles. The van der Waals surface area contributed by atoms with Gasteiger partial charge in [-0.2, -0.15) is 0 Å². The molecular formula is C39H61N3. The lowest BCUT2D eigenvalue weighted by atomic mass is 10.0. The first kappa shape index (κ1) is 40.7. The first-order chi connectivity index (χ1) is 19.9. The molecule has 0 atom stereocenters. The van der Waals surface area contributed by atoms with E-state index in [0.29, 0.717) is 5.92 Å². The molecule has 2 rings (SSSR count). The Morgan fingerprint density at radius 1 is 0.929 bits per heavy atom. The second kappa shape index (κ2) is 24.2. The fourth-order valence-electron chi connectivity index (χ4n) is 3.66. The van der Waals surface area contributed by atoms with Crippen molar-refractivity contribution in [3.8, 4) is 0 Å². The fraction of sp³-hybridized carbons (Fsp3) is 0.410. The van der Waals surface area contributed by atoms with E-state index in [1.807, 2.05) is 52.8 Å². The molecule has 0 saturated carbocycles. The Morgan fingerprint density at radius 2 is 1.43 bits per heavy atom. The number of likely N-dealkylation sites (N-methyl/N-ethyl adjacent to an activating group) is 1. The summed E-state index contributed by atoms with van der Waals surface area (Å²) in [6.07, 6.45) is 11.2. The lowest BCUT2D eigenvalue weighted by molar-refractivity contribution is 0.448. The predicted molar refractivity (Wildman–Crippen MR) is 193 cm³/mol. The van der Waals surface area contributed by atoms with Gasteiger partial charge >= 0.3 is 0 Å². The van der Waals surface area contributed by atoms with Crippen LogP contribution in [-0.4, -0.2) is 31.3 Å². The van der Waals surface area contributed by atoms with E-state index in [4.69, 9.17) is 5.73 Å². The molecule has 2 N–H and O–H groups in total. The molecule has 0 aliphatic heterocycles. The van der Waals surface area contributed by atoms with Gasteiger partial charge in [-0.15, -0.1) is 0 Å². The van der Waals surface area contributed by atoms with Crippen molar-refractivity contribution in [1.29, 1.82) is 0 Å². The molecule has 3 heteroatoms. The minimum atomic E-state index is 0.653. The molecule has 0 amide bonds. The third-order valence-electron chi connectivity index (χ3n) is 5.86. The normalized spacial score (nSPS) is 11.9. The smallest absolute Gasteiger partial charge is 0.0678 e. The summed E-state index contributed by atoms with van der Waals surface area (Å²) < 4.78 is 0. The van der Waals surface area contributed by atoms with Gasteiger partial charge in [0.2, 0.25) is 0 Å². The van der Waals surface area contributed by atoms with Crippen LogP contribution in [0.3, 0.4) is 0 Å². The van der Waals surface area contributed by atoms with E-state index in [9.17, 15) is 0 Å². The largest absolute Gasteiger partial charge is 0.398 e. The Hall–Kier alpha value is -3.43. The van der Waals surface area contributed by atoms with Gasteiger partial charge in [0.1, 0.15) is 0 Å². The van der Waals surface area contributed by atoms with Gasteiger partial charge in [0, 0.05) is 18.0 Å². The van der Waals surface area contributed by atoms with E-state index >= 15 is 0 Å². The van der Waals surface area contributed by atoms with Gasteiger partial charge in [-0.25, -0.2) is 0 Å². The van der Waals surface area contributed by atoms with E-state index in [2.05, 4.69) is 127 Å². The number of hydrogen-bond donors (Lipinski definition) is 1. The van der Waals surface area contributed by atoms with Gasteiger partial charge in [-0.1, -0.05) is 125 Å². The molecule has 0 bridgehead atoms. The van der Waals surface area contributed by atoms with E-state index in [0.717, 1.165) is 41.2 Å². The standard InChI is InChI=1S/C17H22N2.C10H19N.C10H14.C2H6/c1-6-7-16(19-12(2)3)14(5)17(18)15-10-8-13(4)9-11-15;1-5-7-10(8-6-2)9-11(3)4;1-8(2)10-6-4-9(3)5-7-10;1-2/h6-11H,1,18H2,2-5H3;5,7-8H,6,9H2,1-4H3;4-8H,1-3H3;1-2H3/b16-7-,17-14+;7-5-,10-8+;;. The summed E-state index contributed by atoms with van der Waals surface area (Å²) in [5, 5.41) is 0. The molecule has 232 valence electrons. The number of nitrogens with two attached hydrogens (primary N) is 1. The third-order valence-corrected chi connectivity index (χ3v) is 5.86. The number of hydrogen-bond acceptors (Lipinski definition) is 3. The van der Waals surface area contributed by atoms with Gasteiger partial charge < -0.3 is 10.6 Å². The number of benzene rings is 2. The van der Waals surface area contributed by atoms with Crippen LogP contribution >= 0.6 is 0 Å². The Kier molecular flexibility index (Phi) is 23.5. The zero-order chi connectivity index (χ0) is 32.7. The fourth-order valence-corrected chi connectivity index (χ4v) is 3.66. The maximum absolute atomic E-state index is 6.23. The van der Waals surface area contributed by atoms with Crippen LogP contribution in [0.2, 0.25) is 0 Å². The van der Waals surface area contributed by atoms with Gasteiger partial charge in [-0.05, 0) is 96.3 Å². The average molecular weight is 572 g/mol. The van der Waals surface area contributed by atoms with E-state index in [-0.39, 0.29) is 0 Å². The Bertz CT molecular complexity index is 1150. The monoisotopic (exact) mass is 571 g/mol. The van der Waals surface area contributed by atoms with Crippen molar-refractivity contribution in [2.24, 2.45) is 10.7 Å². The highest BCUT2D eigenvalue weighted by Crippen LogP contribution is 2.21. The van der Waals surface area contributed by atoms with Crippen LogP contribution < -0.4 is 5.73 Å². The maximum Gasteiger partial charge on any atom is 0.0678 e. The molecule has 0 spiro atoms. The van der Waals surface area contributed by atoms with Crippen molar-refractivity contribution >= 4 is 11.4 Å². The Morgan fingerprint density at radius 3 is 1.81 bits per heavy atom. The van der Waals surface area contributed by atoms with E-state index < -0.39 is 0 Å². The van der Waals surface area contributed by atoms with Gasteiger partial charge in [0.05, 0.1) is 5.70 Å². The topological polar surface area (TPSA) is 41.6 Å². The number of aryl methyl sites for hydroxylation is 2. The number of nitrogens with zero attached hydrogens (tertiary/aromatic N) is 2.